The first kappa shape index (κ1) is 25.8. The van der Waals surface area contributed by atoms with Gasteiger partial charge in [0.2, 0.25) is 11.8 Å². The van der Waals surface area contributed by atoms with Gasteiger partial charge in [-0.1, -0.05) is 66.7 Å². The third-order valence-corrected chi connectivity index (χ3v) is 5.60. The summed E-state index contributed by atoms with van der Waals surface area (Å²) in [5.74, 6) is 0.690. The van der Waals surface area contributed by atoms with E-state index < -0.39 is 6.04 Å². The number of nitrogens with zero attached hydrogens (tertiary/aromatic N) is 1. The van der Waals surface area contributed by atoms with Crippen LogP contribution in [0.4, 0.5) is 0 Å². The number of carbonyl (C=O) groups excluding carboxylic acids is 2. The smallest absolute Gasteiger partial charge is 0.247 e. The first-order valence-electron chi connectivity index (χ1n) is 11.4. The van der Waals surface area contributed by atoms with E-state index in [4.69, 9.17) is 14.2 Å². The minimum atomic E-state index is -0.805. The number of hydrogen-bond donors (Lipinski definition) is 1. The van der Waals surface area contributed by atoms with Crippen LogP contribution in [-0.2, 0) is 27.3 Å². The van der Waals surface area contributed by atoms with Gasteiger partial charge in [0.15, 0.2) is 11.5 Å². The van der Waals surface area contributed by atoms with Crippen molar-refractivity contribution >= 4 is 11.8 Å². The molecular formula is C28H32N2O5. The maximum Gasteiger partial charge on any atom is 0.247 e. The molecule has 3 aromatic rings. The number of carbonyl (C=O) groups is 2. The van der Waals surface area contributed by atoms with Gasteiger partial charge in [-0.25, -0.2) is 0 Å². The minimum absolute atomic E-state index is 0.0991. The van der Waals surface area contributed by atoms with E-state index in [0.717, 1.165) is 16.7 Å². The molecule has 0 unspecified atom stereocenters. The van der Waals surface area contributed by atoms with E-state index in [1.807, 2.05) is 66.7 Å². The molecule has 3 rings (SSSR count). The summed E-state index contributed by atoms with van der Waals surface area (Å²) >= 11 is 0. The second-order valence-electron chi connectivity index (χ2n) is 7.97. The molecule has 0 spiro atoms. The Balaban J connectivity index is 1.97. The summed E-state index contributed by atoms with van der Waals surface area (Å²) in [7, 11) is 4.70. The highest BCUT2D eigenvalue weighted by Gasteiger charge is 2.31. The number of amides is 2. The molecule has 7 nitrogen and oxygen atoms in total. The van der Waals surface area contributed by atoms with E-state index in [2.05, 4.69) is 5.32 Å². The van der Waals surface area contributed by atoms with Crippen LogP contribution in [0.3, 0.4) is 0 Å². The number of methoxy groups -OCH3 is 3. The van der Waals surface area contributed by atoms with Crippen molar-refractivity contribution in [2.45, 2.75) is 19.0 Å². The fourth-order valence-corrected chi connectivity index (χ4v) is 3.85. The molecule has 3 aromatic carbocycles. The van der Waals surface area contributed by atoms with Gasteiger partial charge in [0.1, 0.15) is 6.04 Å². The molecule has 0 aliphatic rings. The summed E-state index contributed by atoms with van der Waals surface area (Å²) < 4.78 is 15.8. The molecule has 1 atom stereocenters. The van der Waals surface area contributed by atoms with Crippen LogP contribution >= 0.6 is 0 Å². The second-order valence-corrected chi connectivity index (χ2v) is 7.97. The maximum atomic E-state index is 13.8. The number of rotatable bonds is 12. The van der Waals surface area contributed by atoms with Gasteiger partial charge in [-0.05, 0) is 28.8 Å². The predicted molar refractivity (Wildman–Crippen MR) is 134 cm³/mol. The van der Waals surface area contributed by atoms with Crippen molar-refractivity contribution in [3.63, 3.8) is 0 Å². The maximum absolute atomic E-state index is 13.8. The lowest BCUT2D eigenvalue weighted by molar-refractivity contribution is -0.141. The second kappa shape index (κ2) is 13.2. The summed E-state index contributed by atoms with van der Waals surface area (Å²) in [5, 5.41) is 2.91. The third-order valence-electron chi connectivity index (χ3n) is 5.60. The monoisotopic (exact) mass is 476 g/mol. The first-order chi connectivity index (χ1) is 17.1. The van der Waals surface area contributed by atoms with Gasteiger partial charge >= 0.3 is 0 Å². The zero-order valence-corrected chi connectivity index (χ0v) is 20.4. The molecule has 2 amide bonds. The van der Waals surface area contributed by atoms with E-state index in [0.29, 0.717) is 24.7 Å². The Morgan fingerprint density at radius 3 is 2.11 bits per heavy atom. The minimum Gasteiger partial charge on any atom is -0.493 e. The highest BCUT2D eigenvalue weighted by Crippen LogP contribution is 2.29. The Morgan fingerprint density at radius 1 is 0.829 bits per heavy atom. The Bertz CT molecular complexity index is 1090. The van der Waals surface area contributed by atoms with Crippen molar-refractivity contribution in [1.29, 1.82) is 0 Å². The molecule has 0 fully saturated rings. The zero-order chi connectivity index (χ0) is 25.0. The van der Waals surface area contributed by atoms with Gasteiger partial charge in [0.25, 0.3) is 0 Å². The highest BCUT2D eigenvalue weighted by molar-refractivity contribution is 5.89. The highest BCUT2D eigenvalue weighted by atomic mass is 16.5. The van der Waals surface area contributed by atoms with Crippen molar-refractivity contribution in [3.05, 3.63) is 95.6 Å². The van der Waals surface area contributed by atoms with Crippen molar-refractivity contribution in [2.24, 2.45) is 0 Å². The SMILES string of the molecule is COCCNC(=O)[C@H](c1ccccc1)N(Cc1ccccc1)C(=O)Cc1ccc(OC)c(OC)c1. The van der Waals surface area contributed by atoms with Gasteiger partial charge < -0.3 is 24.4 Å². The molecular weight excluding hydrogens is 444 g/mol. The standard InChI is InChI=1S/C28H32N2O5/c1-33-17-16-29-28(32)27(23-12-8-5-9-13-23)30(20-21-10-6-4-7-11-21)26(31)19-22-14-15-24(34-2)25(18-22)35-3/h4-15,18,27H,16-17,19-20H2,1-3H3,(H,29,32)/t27-/m0/s1. The van der Waals surface area contributed by atoms with Crippen LogP contribution < -0.4 is 14.8 Å². The molecule has 0 heterocycles. The molecule has 0 radical (unpaired) electrons. The normalized spacial score (nSPS) is 11.4. The number of benzene rings is 3. The van der Waals surface area contributed by atoms with Gasteiger partial charge in [-0.2, -0.15) is 0 Å². The largest absolute Gasteiger partial charge is 0.493 e. The molecule has 0 bridgehead atoms. The lowest BCUT2D eigenvalue weighted by Crippen LogP contribution is -2.44. The molecule has 0 aromatic heterocycles. The van der Waals surface area contributed by atoms with Gasteiger partial charge in [-0.15, -0.1) is 0 Å². The van der Waals surface area contributed by atoms with Crippen molar-refractivity contribution in [1.82, 2.24) is 10.2 Å². The van der Waals surface area contributed by atoms with Crippen molar-refractivity contribution in [3.8, 4) is 11.5 Å². The molecule has 0 saturated carbocycles. The Morgan fingerprint density at radius 2 is 1.49 bits per heavy atom. The summed E-state index contributed by atoms with van der Waals surface area (Å²) in [6, 6.07) is 23.6. The molecule has 184 valence electrons. The fourth-order valence-electron chi connectivity index (χ4n) is 3.85. The van der Waals surface area contributed by atoms with Gasteiger partial charge in [0, 0.05) is 20.2 Å². The lowest BCUT2D eigenvalue weighted by Gasteiger charge is -2.32. The molecule has 0 saturated heterocycles. The third kappa shape index (κ3) is 7.07. The van der Waals surface area contributed by atoms with Crippen LogP contribution in [0.15, 0.2) is 78.9 Å². The number of hydrogen-bond acceptors (Lipinski definition) is 5. The molecule has 7 heteroatoms. The average Bonchev–Trinajstić information content (AvgIpc) is 2.89. The lowest BCUT2D eigenvalue weighted by atomic mass is 10.0. The zero-order valence-electron chi connectivity index (χ0n) is 20.4. The Kier molecular flexibility index (Phi) is 9.69. The number of ether oxygens (including phenoxy) is 3. The van der Waals surface area contributed by atoms with Crippen LogP contribution in [0, 0.1) is 0 Å². The number of nitrogens with one attached hydrogen (secondary N) is 1. The molecule has 0 aliphatic heterocycles. The summed E-state index contributed by atoms with van der Waals surface area (Å²) in [6.45, 7) is 1.01. The molecule has 35 heavy (non-hydrogen) atoms. The summed E-state index contributed by atoms with van der Waals surface area (Å²) in [5.41, 5.74) is 2.43. The van der Waals surface area contributed by atoms with Gasteiger partial charge in [-0.3, -0.25) is 9.59 Å². The predicted octanol–water partition coefficient (Wildman–Crippen LogP) is 3.78. The average molecular weight is 477 g/mol. The van der Waals surface area contributed by atoms with Crippen LogP contribution in [0.5, 0.6) is 11.5 Å². The molecule has 0 aliphatic carbocycles. The van der Waals surface area contributed by atoms with Gasteiger partial charge in [0.05, 0.1) is 27.2 Å². The molecule has 1 N–H and O–H groups in total. The summed E-state index contributed by atoms with van der Waals surface area (Å²) in [4.78, 5) is 28.8. The summed E-state index contributed by atoms with van der Waals surface area (Å²) in [6.07, 6.45) is 0.0991. The fraction of sp³-hybridized carbons (Fsp3) is 0.286. The van der Waals surface area contributed by atoms with E-state index >= 15 is 0 Å². The van der Waals surface area contributed by atoms with Crippen LogP contribution in [0.2, 0.25) is 0 Å². The van der Waals surface area contributed by atoms with E-state index in [-0.39, 0.29) is 24.8 Å². The van der Waals surface area contributed by atoms with E-state index in [1.54, 1.807) is 38.4 Å². The van der Waals surface area contributed by atoms with E-state index in [1.165, 1.54) is 0 Å². The quantitative estimate of drug-likeness (QED) is 0.403. The topological polar surface area (TPSA) is 77.1 Å². The first-order valence-corrected chi connectivity index (χ1v) is 11.4. The van der Waals surface area contributed by atoms with Crippen molar-refractivity contribution in [2.75, 3.05) is 34.5 Å². The Labute approximate surface area is 206 Å². The van der Waals surface area contributed by atoms with E-state index in [9.17, 15) is 9.59 Å². The Hall–Kier alpha value is -3.84. The van der Waals surface area contributed by atoms with Crippen LogP contribution in [-0.4, -0.2) is 51.2 Å². The van der Waals surface area contributed by atoms with Crippen molar-refractivity contribution < 1.29 is 23.8 Å². The van der Waals surface area contributed by atoms with Crippen LogP contribution in [0.1, 0.15) is 22.7 Å². The van der Waals surface area contributed by atoms with Crippen LogP contribution in [0.25, 0.3) is 0 Å².